The van der Waals surface area contributed by atoms with Crippen molar-refractivity contribution in [3.05, 3.63) is 18.2 Å². The van der Waals surface area contributed by atoms with E-state index in [2.05, 4.69) is 15.3 Å². The smallest absolute Gasteiger partial charge is 0.316 e. The zero-order chi connectivity index (χ0) is 17.3. The number of aliphatic imine (C=N–C) groups is 2. The Bertz CT molecular complexity index is 756. The van der Waals surface area contributed by atoms with E-state index in [0.29, 0.717) is 29.4 Å². The molecule has 2 fully saturated rings. The number of benzene rings is 1. The summed E-state index contributed by atoms with van der Waals surface area (Å²) in [5.41, 5.74) is 12.4. The summed E-state index contributed by atoms with van der Waals surface area (Å²) in [5, 5.41) is 5.98. The van der Waals surface area contributed by atoms with Crippen molar-refractivity contribution in [2.24, 2.45) is 15.7 Å². The number of carbonyl (C=O) groups excluding carboxylic acids is 2. The number of nitrogens with two attached hydrogens (primary N) is 2. The number of anilines is 2. The molecular formula is C15H19N7O2. The number of fused-ring (bicyclic) bond motifs is 1. The Morgan fingerprint density at radius 2 is 1.96 bits per heavy atom. The summed E-state index contributed by atoms with van der Waals surface area (Å²) in [7, 11) is 1.63. The number of hydrogen-bond acceptors (Lipinski definition) is 5. The minimum Gasteiger partial charge on any atom is -0.399 e. The second-order valence-electron chi connectivity index (χ2n) is 5.53. The molecule has 0 saturated carbocycles. The number of nitrogens with zero attached hydrogens (tertiary/aromatic N) is 4. The maximum atomic E-state index is 12.6. The number of nitrogens with one attached hydrogen (secondary N) is 1. The van der Waals surface area contributed by atoms with Crippen LogP contribution in [0, 0.1) is 0 Å². The number of carbonyl (C=O) groups is 2. The van der Waals surface area contributed by atoms with Gasteiger partial charge in [0.25, 0.3) is 5.91 Å². The van der Waals surface area contributed by atoms with Gasteiger partial charge < -0.3 is 16.8 Å². The maximum absolute atomic E-state index is 12.6. The van der Waals surface area contributed by atoms with Crippen molar-refractivity contribution in [3.8, 4) is 0 Å². The molecule has 2 aliphatic heterocycles. The van der Waals surface area contributed by atoms with Crippen LogP contribution >= 0.6 is 0 Å². The van der Waals surface area contributed by atoms with Gasteiger partial charge in [-0.1, -0.05) is 0 Å². The molecule has 0 spiro atoms. The number of nitrogen functional groups attached to an aromatic ring is 1. The van der Waals surface area contributed by atoms with Crippen molar-refractivity contribution in [2.75, 3.05) is 31.2 Å². The molecule has 1 aromatic carbocycles. The minimum atomic E-state index is -0.731. The van der Waals surface area contributed by atoms with Gasteiger partial charge >= 0.3 is 6.03 Å². The topological polar surface area (TPSA) is 129 Å². The average molecular weight is 329 g/mol. The fourth-order valence-electron chi connectivity index (χ4n) is 2.86. The molecule has 5 N–H and O–H groups in total. The Balaban J connectivity index is 2.04. The van der Waals surface area contributed by atoms with Crippen molar-refractivity contribution >= 4 is 40.5 Å². The van der Waals surface area contributed by atoms with Gasteiger partial charge in [-0.25, -0.2) is 14.8 Å². The fraction of sp³-hybridized carbons (Fsp3) is 0.333. The fourth-order valence-corrected chi connectivity index (χ4v) is 2.86. The molecule has 2 heterocycles. The van der Waals surface area contributed by atoms with Crippen LogP contribution in [0.15, 0.2) is 28.2 Å². The summed E-state index contributed by atoms with van der Waals surface area (Å²) < 4.78 is 0. The van der Waals surface area contributed by atoms with E-state index >= 15 is 0 Å². The van der Waals surface area contributed by atoms with Crippen LogP contribution in [0.2, 0.25) is 0 Å². The summed E-state index contributed by atoms with van der Waals surface area (Å²) in [4.78, 5) is 32.5. The highest BCUT2D eigenvalue weighted by Gasteiger charge is 2.41. The van der Waals surface area contributed by atoms with E-state index in [0.717, 1.165) is 19.4 Å². The van der Waals surface area contributed by atoms with Crippen molar-refractivity contribution in [1.29, 1.82) is 0 Å². The van der Waals surface area contributed by atoms with Crippen molar-refractivity contribution < 1.29 is 9.59 Å². The van der Waals surface area contributed by atoms with Crippen LogP contribution in [-0.2, 0) is 4.79 Å². The van der Waals surface area contributed by atoms with Crippen LogP contribution < -0.4 is 16.8 Å². The highest BCUT2D eigenvalue weighted by Crippen LogP contribution is 2.29. The Morgan fingerprint density at radius 3 is 2.62 bits per heavy atom. The third kappa shape index (κ3) is 2.75. The molecule has 0 unspecified atom stereocenters. The third-order valence-corrected chi connectivity index (χ3v) is 3.90. The number of primary amides is 1. The Labute approximate surface area is 139 Å². The molecule has 0 aromatic heterocycles. The van der Waals surface area contributed by atoms with Crippen LogP contribution in [0.1, 0.15) is 12.8 Å². The quantitative estimate of drug-likeness (QED) is 0.690. The van der Waals surface area contributed by atoms with Crippen molar-refractivity contribution in [1.82, 2.24) is 10.0 Å². The van der Waals surface area contributed by atoms with E-state index < -0.39 is 6.03 Å². The first-order valence-electron chi connectivity index (χ1n) is 7.62. The van der Waals surface area contributed by atoms with E-state index in [4.69, 9.17) is 11.5 Å². The molecule has 24 heavy (non-hydrogen) atoms. The second-order valence-corrected chi connectivity index (χ2v) is 5.53. The third-order valence-electron chi connectivity index (χ3n) is 3.90. The van der Waals surface area contributed by atoms with E-state index in [1.165, 1.54) is 0 Å². The van der Waals surface area contributed by atoms with Gasteiger partial charge in [-0.05, 0) is 31.0 Å². The lowest BCUT2D eigenvalue weighted by Crippen LogP contribution is -2.45. The van der Waals surface area contributed by atoms with Crippen LogP contribution in [0.4, 0.5) is 21.9 Å². The molecular weight excluding hydrogens is 310 g/mol. The number of amides is 3. The van der Waals surface area contributed by atoms with Gasteiger partial charge in [0, 0.05) is 25.8 Å². The van der Waals surface area contributed by atoms with E-state index in [1.54, 1.807) is 30.3 Å². The van der Waals surface area contributed by atoms with Crippen molar-refractivity contribution in [3.63, 3.8) is 0 Å². The molecule has 2 saturated heterocycles. The van der Waals surface area contributed by atoms with Crippen molar-refractivity contribution in [2.45, 2.75) is 12.8 Å². The highest BCUT2D eigenvalue weighted by molar-refractivity contribution is 6.69. The molecule has 3 amide bonds. The Kier molecular flexibility index (Phi) is 4.07. The molecule has 1 aromatic rings. The minimum absolute atomic E-state index is 0.197. The van der Waals surface area contributed by atoms with Gasteiger partial charge in [0.2, 0.25) is 0 Å². The SMILES string of the molecule is CN=C1C(=Nc2ccc(N)cc2NC(N)=O)C(=O)N2CCCCN12. The summed E-state index contributed by atoms with van der Waals surface area (Å²) in [6, 6.07) is 4.08. The number of hydrogen-bond donors (Lipinski definition) is 3. The first-order chi connectivity index (χ1) is 11.5. The van der Waals surface area contributed by atoms with Gasteiger partial charge in [0.15, 0.2) is 11.5 Å². The number of hydrazine groups is 1. The molecule has 3 rings (SSSR count). The number of urea groups is 1. The standard InChI is InChI=1S/C15H19N7O2/c1-18-13-12(14(23)22-7-3-2-6-21(13)22)19-10-5-4-9(16)8-11(10)20-15(17)24/h4-5,8H,2-3,6-7,16H2,1H3,(H3,17,20,24). The van der Waals surface area contributed by atoms with Gasteiger partial charge in [-0.15, -0.1) is 0 Å². The lowest BCUT2D eigenvalue weighted by molar-refractivity contribution is -0.134. The maximum Gasteiger partial charge on any atom is 0.316 e. The molecule has 0 bridgehead atoms. The lowest BCUT2D eigenvalue weighted by Gasteiger charge is -2.32. The van der Waals surface area contributed by atoms with Gasteiger partial charge in [-0.3, -0.25) is 14.8 Å². The molecule has 9 heteroatoms. The zero-order valence-electron chi connectivity index (χ0n) is 13.3. The molecule has 126 valence electrons. The lowest BCUT2D eigenvalue weighted by atomic mass is 10.2. The summed E-state index contributed by atoms with van der Waals surface area (Å²) in [5.74, 6) is 0.332. The largest absolute Gasteiger partial charge is 0.399 e. The normalized spacial score (nSPS) is 20.6. The van der Waals surface area contributed by atoms with Gasteiger partial charge in [0.1, 0.15) is 0 Å². The Morgan fingerprint density at radius 1 is 1.25 bits per heavy atom. The molecule has 9 nitrogen and oxygen atoms in total. The molecule has 2 aliphatic rings. The highest BCUT2D eigenvalue weighted by atomic mass is 16.2. The summed E-state index contributed by atoms with van der Waals surface area (Å²) in [6.07, 6.45) is 1.94. The first kappa shape index (κ1) is 15.8. The predicted molar refractivity (Wildman–Crippen MR) is 92.2 cm³/mol. The molecule has 0 radical (unpaired) electrons. The summed E-state index contributed by atoms with van der Waals surface area (Å²) >= 11 is 0. The Hall–Kier alpha value is -3.10. The molecule has 0 atom stereocenters. The summed E-state index contributed by atoms with van der Waals surface area (Å²) in [6.45, 7) is 1.37. The van der Waals surface area contributed by atoms with Gasteiger partial charge in [-0.2, -0.15) is 0 Å². The van der Waals surface area contributed by atoms with Crippen LogP contribution in [0.5, 0.6) is 0 Å². The van der Waals surface area contributed by atoms with Crippen LogP contribution in [0.3, 0.4) is 0 Å². The number of rotatable bonds is 2. The van der Waals surface area contributed by atoms with E-state index in [9.17, 15) is 9.59 Å². The van der Waals surface area contributed by atoms with E-state index in [-0.39, 0.29) is 11.6 Å². The van der Waals surface area contributed by atoms with Gasteiger partial charge in [0.05, 0.1) is 11.4 Å². The average Bonchev–Trinajstić information content (AvgIpc) is 2.82. The zero-order valence-corrected chi connectivity index (χ0v) is 13.3. The monoisotopic (exact) mass is 329 g/mol. The molecule has 0 aliphatic carbocycles. The van der Waals surface area contributed by atoms with Crippen LogP contribution in [-0.4, -0.2) is 53.6 Å². The first-order valence-corrected chi connectivity index (χ1v) is 7.62. The van der Waals surface area contributed by atoms with Crippen LogP contribution in [0.25, 0.3) is 0 Å². The number of amidine groups is 1. The second kappa shape index (κ2) is 6.19. The van der Waals surface area contributed by atoms with E-state index in [1.807, 2.05) is 5.01 Å². The predicted octanol–water partition coefficient (Wildman–Crippen LogP) is 0.713.